The molecule has 17 heavy (non-hydrogen) atoms. The van der Waals surface area contributed by atoms with Crippen LogP contribution >= 0.6 is 23.6 Å². The Balaban J connectivity index is 2.54. The normalized spacial score (nSPS) is 11.8. The average molecular weight is 275 g/mol. The van der Waals surface area contributed by atoms with E-state index in [1.807, 2.05) is 6.92 Å². The van der Waals surface area contributed by atoms with Crippen LogP contribution in [-0.2, 0) is 6.18 Å². The van der Waals surface area contributed by atoms with Crippen LogP contribution in [0.2, 0.25) is 0 Å². The predicted octanol–water partition coefficient (Wildman–Crippen LogP) is 4.60. The summed E-state index contributed by atoms with van der Waals surface area (Å²) >= 11 is 6.47. The van der Waals surface area contributed by atoms with Crippen molar-refractivity contribution in [1.29, 1.82) is 0 Å². The summed E-state index contributed by atoms with van der Waals surface area (Å²) in [7, 11) is 0. The largest absolute Gasteiger partial charge is 0.416 e. The van der Waals surface area contributed by atoms with Crippen LogP contribution in [0.15, 0.2) is 30.5 Å². The van der Waals surface area contributed by atoms with Gasteiger partial charge in [0, 0.05) is 16.8 Å². The first-order valence-electron chi connectivity index (χ1n) is 4.74. The lowest BCUT2D eigenvalue weighted by Crippen LogP contribution is -2.05. The number of hydrogen-bond acceptors (Lipinski definition) is 2. The number of aromatic nitrogens is 1. The molecule has 0 saturated carbocycles. The van der Waals surface area contributed by atoms with Gasteiger partial charge in [0.15, 0.2) is 3.95 Å². The summed E-state index contributed by atoms with van der Waals surface area (Å²) in [6.07, 6.45) is -2.59. The zero-order valence-electron chi connectivity index (χ0n) is 8.78. The molecule has 6 heteroatoms. The summed E-state index contributed by atoms with van der Waals surface area (Å²) in [4.78, 5) is 0.965. The summed E-state index contributed by atoms with van der Waals surface area (Å²) in [5.41, 5.74) is -0.227. The molecule has 0 atom stereocenters. The van der Waals surface area contributed by atoms with Crippen molar-refractivity contribution in [3.05, 3.63) is 44.9 Å². The minimum Gasteiger partial charge on any atom is -0.299 e. The third-order valence-electron chi connectivity index (χ3n) is 2.21. The third kappa shape index (κ3) is 2.58. The highest BCUT2D eigenvalue weighted by atomic mass is 32.1. The van der Waals surface area contributed by atoms with Crippen LogP contribution in [0.4, 0.5) is 13.2 Å². The molecule has 0 fully saturated rings. The lowest BCUT2D eigenvalue weighted by atomic mass is 10.2. The molecule has 0 radical (unpaired) electrons. The number of rotatable bonds is 1. The fourth-order valence-electron chi connectivity index (χ4n) is 1.46. The van der Waals surface area contributed by atoms with Crippen molar-refractivity contribution < 1.29 is 13.2 Å². The van der Waals surface area contributed by atoms with Crippen LogP contribution in [0.5, 0.6) is 0 Å². The van der Waals surface area contributed by atoms with Crippen molar-refractivity contribution in [2.75, 3.05) is 0 Å². The van der Waals surface area contributed by atoms with Crippen LogP contribution in [0.25, 0.3) is 5.69 Å². The van der Waals surface area contributed by atoms with E-state index in [9.17, 15) is 13.2 Å². The minimum atomic E-state index is -4.33. The molecule has 2 aromatic rings. The van der Waals surface area contributed by atoms with Crippen LogP contribution in [0, 0.1) is 10.9 Å². The first kappa shape index (κ1) is 12.3. The molecule has 0 spiro atoms. The van der Waals surface area contributed by atoms with Gasteiger partial charge < -0.3 is 0 Å². The quantitative estimate of drug-likeness (QED) is 0.689. The molecule has 1 aromatic heterocycles. The molecular formula is C11H8F3NS2. The molecule has 0 N–H and O–H groups in total. The Hall–Kier alpha value is -1.14. The molecule has 0 saturated heterocycles. The molecule has 1 aromatic carbocycles. The lowest BCUT2D eigenvalue weighted by molar-refractivity contribution is -0.137. The molecule has 0 bridgehead atoms. The third-order valence-corrected chi connectivity index (χ3v) is 3.45. The highest BCUT2D eigenvalue weighted by Crippen LogP contribution is 2.30. The topological polar surface area (TPSA) is 4.93 Å². The lowest BCUT2D eigenvalue weighted by Gasteiger charge is -2.09. The summed E-state index contributed by atoms with van der Waals surface area (Å²) in [5.74, 6) is 0. The number of benzene rings is 1. The molecule has 1 nitrogen and oxygen atoms in total. The van der Waals surface area contributed by atoms with Crippen LogP contribution < -0.4 is 0 Å². The molecule has 1 heterocycles. The summed E-state index contributed by atoms with van der Waals surface area (Å²) in [5, 5.41) is 0. The van der Waals surface area contributed by atoms with E-state index >= 15 is 0 Å². The monoisotopic (exact) mass is 275 g/mol. The second-order valence-corrected chi connectivity index (χ2v) is 5.41. The number of aryl methyl sites for hydroxylation is 1. The van der Waals surface area contributed by atoms with E-state index in [4.69, 9.17) is 12.2 Å². The van der Waals surface area contributed by atoms with Gasteiger partial charge in [0.25, 0.3) is 0 Å². The Labute approximate surface area is 105 Å². The molecule has 0 aliphatic carbocycles. The van der Waals surface area contributed by atoms with E-state index in [0.29, 0.717) is 9.64 Å². The van der Waals surface area contributed by atoms with Gasteiger partial charge in [0.2, 0.25) is 0 Å². The molecule has 0 aliphatic heterocycles. The van der Waals surface area contributed by atoms with Crippen LogP contribution in [0.1, 0.15) is 10.4 Å². The van der Waals surface area contributed by atoms with E-state index in [0.717, 1.165) is 17.0 Å². The van der Waals surface area contributed by atoms with Crippen molar-refractivity contribution in [1.82, 2.24) is 4.57 Å². The van der Waals surface area contributed by atoms with Gasteiger partial charge in [-0.1, -0.05) is 6.07 Å². The van der Waals surface area contributed by atoms with Crippen molar-refractivity contribution in [2.45, 2.75) is 13.1 Å². The van der Waals surface area contributed by atoms with Gasteiger partial charge >= 0.3 is 6.18 Å². The highest BCUT2D eigenvalue weighted by Gasteiger charge is 2.30. The maximum atomic E-state index is 12.6. The Morgan fingerprint density at radius 1 is 1.29 bits per heavy atom. The van der Waals surface area contributed by atoms with E-state index < -0.39 is 11.7 Å². The Kier molecular flexibility index (Phi) is 3.09. The van der Waals surface area contributed by atoms with Gasteiger partial charge in [0.1, 0.15) is 0 Å². The fraction of sp³-hybridized carbons (Fsp3) is 0.182. The molecule has 2 rings (SSSR count). The first-order valence-corrected chi connectivity index (χ1v) is 5.97. The highest BCUT2D eigenvalue weighted by molar-refractivity contribution is 7.73. The maximum absolute atomic E-state index is 12.6. The molecular weight excluding hydrogens is 267 g/mol. The van der Waals surface area contributed by atoms with E-state index in [1.165, 1.54) is 17.4 Å². The summed E-state index contributed by atoms with van der Waals surface area (Å²) in [6.45, 7) is 1.87. The zero-order chi connectivity index (χ0) is 12.6. The predicted molar refractivity (Wildman–Crippen MR) is 64.2 cm³/mol. The number of thiazole rings is 1. The maximum Gasteiger partial charge on any atom is 0.416 e. The fourth-order valence-corrected chi connectivity index (χ4v) is 2.70. The first-order chi connectivity index (χ1) is 7.88. The molecule has 0 aliphatic rings. The zero-order valence-corrected chi connectivity index (χ0v) is 10.4. The van der Waals surface area contributed by atoms with Gasteiger partial charge in [-0.25, -0.2) is 0 Å². The van der Waals surface area contributed by atoms with Gasteiger partial charge in [-0.2, -0.15) is 13.2 Å². The number of nitrogens with zero attached hydrogens (tertiary/aromatic N) is 1. The molecule has 0 unspecified atom stereocenters. The van der Waals surface area contributed by atoms with Crippen molar-refractivity contribution in [2.24, 2.45) is 0 Å². The van der Waals surface area contributed by atoms with Gasteiger partial charge in [-0.15, -0.1) is 11.3 Å². The van der Waals surface area contributed by atoms with Gasteiger partial charge in [-0.05, 0) is 37.3 Å². The standard InChI is InChI=1S/C11H8F3NS2/c1-7-6-15(10(16)17-7)9-4-2-3-8(5-9)11(12,13)14/h2-6H,1H3. The average Bonchev–Trinajstić information content (AvgIpc) is 2.57. The second kappa shape index (κ2) is 4.27. The summed E-state index contributed by atoms with van der Waals surface area (Å²) < 4.78 is 39.8. The van der Waals surface area contributed by atoms with Gasteiger partial charge in [0.05, 0.1) is 5.56 Å². The Morgan fingerprint density at radius 3 is 2.53 bits per heavy atom. The Bertz CT molecular complexity index is 595. The van der Waals surface area contributed by atoms with Crippen LogP contribution in [-0.4, -0.2) is 4.57 Å². The molecule has 90 valence electrons. The smallest absolute Gasteiger partial charge is 0.299 e. The minimum absolute atomic E-state index is 0.439. The summed E-state index contributed by atoms with van der Waals surface area (Å²) in [6, 6.07) is 5.14. The number of alkyl halides is 3. The van der Waals surface area contributed by atoms with E-state index in [1.54, 1.807) is 16.8 Å². The molecule has 0 amide bonds. The Morgan fingerprint density at radius 2 is 2.00 bits per heavy atom. The van der Waals surface area contributed by atoms with Gasteiger partial charge in [-0.3, -0.25) is 4.57 Å². The van der Waals surface area contributed by atoms with Crippen LogP contribution in [0.3, 0.4) is 0 Å². The van der Waals surface area contributed by atoms with E-state index in [-0.39, 0.29) is 0 Å². The second-order valence-electron chi connectivity index (χ2n) is 3.53. The van der Waals surface area contributed by atoms with Crippen molar-refractivity contribution in [3.63, 3.8) is 0 Å². The van der Waals surface area contributed by atoms with Crippen molar-refractivity contribution in [3.8, 4) is 5.69 Å². The number of halogens is 3. The number of hydrogen-bond donors (Lipinski definition) is 0. The van der Waals surface area contributed by atoms with E-state index in [2.05, 4.69) is 0 Å². The SMILES string of the molecule is Cc1cn(-c2cccc(C(F)(F)F)c2)c(=S)s1. The van der Waals surface area contributed by atoms with Crippen molar-refractivity contribution >= 4 is 23.6 Å².